The predicted molar refractivity (Wildman–Crippen MR) is 65.7 cm³/mol. The molecule has 0 spiro atoms. The van der Waals surface area contributed by atoms with Crippen LogP contribution in [0.2, 0.25) is 0 Å². The second kappa shape index (κ2) is 5.64. The molecule has 0 aliphatic carbocycles. The summed E-state index contributed by atoms with van der Waals surface area (Å²) in [6.07, 6.45) is 2.05. The number of nitrogens with one attached hydrogen (secondary N) is 1. The average molecular weight is 245 g/mol. The van der Waals surface area contributed by atoms with E-state index in [-0.39, 0.29) is 4.75 Å². The molecular formula is C12H17F2NS. The molecule has 1 aromatic carbocycles. The fourth-order valence-electron chi connectivity index (χ4n) is 1.29. The Hall–Kier alpha value is -0.610. The van der Waals surface area contributed by atoms with Crippen molar-refractivity contribution < 1.29 is 8.78 Å². The van der Waals surface area contributed by atoms with Gasteiger partial charge in [0.25, 0.3) is 0 Å². The zero-order valence-corrected chi connectivity index (χ0v) is 10.6. The fraction of sp³-hybridized carbons (Fsp3) is 0.500. The molecule has 0 amide bonds. The monoisotopic (exact) mass is 245 g/mol. The van der Waals surface area contributed by atoms with Crippen LogP contribution in [0, 0.1) is 11.6 Å². The molecule has 0 bridgehead atoms. The van der Waals surface area contributed by atoms with E-state index < -0.39 is 11.6 Å². The highest BCUT2D eigenvalue weighted by atomic mass is 32.2. The Morgan fingerprint density at radius 3 is 2.25 bits per heavy atom. The van der Waals surface area contributed by atoms with E-state index in [1.54, 1.807) is 11.8 Å². The second-order valence-electron chi connectivity index (χ2n) is 4.35. The first-order valence-corrected chi connectivity index (χ1v) is 6.36. The molecule has 1 aromatic rings. The van der Waals surface area contributed by atoms with E-state index in [0.29, 0.717) is 12.1 Å². The van der Waals surface area contributed by atoms with Gasteiger partial charge in [0.15, 0.2) is 0 Å². The van der Waals surface area contributed by atoms with Crippen molar-refractivity contribution in [3.05, 3.63) is 35.4 Å². The number of hydrogen-bond acceptors (Lipinski definition) is 2. The lowest BCUT2D eigenvalue weighted by molar-refractivity contribution is 0.565. The topological polar surface area (TPSA) is 12.0 Å². The Bertz CT molecular complexity index is 333. The smallest absolute Gasteiger partial charge is 0.126 e. The van der Waals surface area contributed by atoms with Gasteiger partial charge in [0.05, 0.1) is 0 Å². The Labute approximate surface area is 99.6 Å². The lowest BCUT2D eigenvalue weighted by Crippen LogP contribution is -2.31. The van der Waals surface area contributed by atoms with Gasteiger partial charge in [0.1, 0.15) is 11.6 Å². The molecule has 0 saturated carbocycles. The van der Waals surface area contributed by atoms with Gasteiger partial charge in [0, 0.05) is 23.9 Å². The molecule has 0 radical (unpaired) electrons. The third-order valence-corrected chi connectivity index (χ3v) is 3.60. The largest absolute Gasteiger partial charge is 0.311 e. The fourth-order valence-corrected chi connectivity index (χ4v) is 1.54. The molecular weight excluding hydrogens is 228 g/mol. The summed E-state index contributed by atoms with van der Waals surface area (Å²) < 4.78 is 25.9. The zero-order chi connectivity index (χ0) is 12.2. The van der Waals surface area contributed by atoms with Crippen molar-refractivity contribution in [1.82, 2.24) is 5.32 Å². The number of rotatable bonds is 5. The van der Waals surface area contributed by atoms with E-state index in [1.165, 1.54) is 12.1 Å². The molecule has 0 aliphatic heterocycles. The van der Waals surface area contributed by atoms with Crippen molar-refractivity contribution in [2.45, 2.75) is 25.1 Å². The molecule has 0 aromatic heterocycles. The van der Waals surface area contributed by atoms with E-state index in [4.69, 9.17) is 0 Å². The summed E-state index contributed by atoms with van der Waals surface area (Å²) >= 11 is 1.76. The van der Waals surface area contributed by atoms with Crippen LogP contribution in [0.1, 0.15) is 19.4 Å². The molecule has 1 N–H and O–H groups in total. The second-order valence-corrected chi connectivity index (χ2v) is 5.86. The summed E-state index contributed by atoms with van der Waals surface area (Å²) in [6.45, 7) is 5.53. The van der Waals surface area contributed by atoms with Crippen molar-refractivity contribution in [2.24, 2.45) is 0 Å². The first-order chi connectivity index (χ1) is 7.43. The Kier molecular flexibility index (Phi) is 4.74. The van der Waals surface area contributed by atoms with Gasteiger partial charge in [-0.25, -0.2) is 8.78 Å². The third-order valence-electron chi connectivity index (χ3n) is 2.35. The highest BCUT2D eigenvalue weighted by molar-refractivity contribution is 7.99. The van der Waals surface area contributed by atoms with Gasteiger partial charge in [-0.3, -0.25) is 0 Å². The maximum atomic E-state index is 12.9. The van der Waals surface area contributed by atoms with Gasteiger partial charge in [-0.05, 0) is 37.8 Å². The lowest BCUT2D eigenvalue weighted by Gasteiger charge is -2.22. The van der Waals surface area contributed by atoms with Gasteiger partial charge in [-0.15, -0.1) is 0 Å². The molecule has 90 valence electrons. The van der Waals surface area contributed by atoms with Crippen molar-refractivity contribution >= 4 is 11.8 Å². The number of halogens is 2. The van der Waals surface area contributed by atoms with Crippen LogP contribution in [0.3, 0.4) is 0 Å². The molecule has 4 heteroatoms. The standard InChI is InChI=1S/C12H17F2NS/c1-12(2,16-3)8-15-7-9-4-10(13)6-11(14)5-9/h4-6,15H,7-8H2,1-3H3. The molecule has 0 fully saturated rings. The van der Waals surface area contributed by atoms with Crippen molar-refractivity contribution in [3.63, 3.8) is 0 Å². The number of thioether (sulfide) groups is 1. The van der Waals surface area contributed by atoms with E-state index in [2.05, 4.69) is 19.2 Å². The quantitative estimate of drug-likeness (QED) is 0.855. The summed E-state index contributed by atoms with van der Waals surface area (Å²) in [5.74, 6) is -1.05. The van der Waals surface area contributed by atoms with Crippen LogP contribution < -0.4 is 5.32 Å². The summed E-state index contributed by atoms with van der Waals surface area (Å²) in [7, 11) is 0. The minimum atomic E-state index is -0.527. The van der Waals surface area contributed by atoms with Gasteiger partial charge in [-0.1, -0.05) is 0 Å². The zero-order valence-electron chi connectivity index (χ0n) is 9.81. The summed E-state index contributed by atoms with van der Waals surface area (Å²) in [5.41, 5.74) is 0.634. The Balaban J connectivity index is 2.49. The molecule has 16 heavy (non-hydrogen) atoms. The van der Waals surface area contributed by atoms with Crippen molar-refractivity contribution in [2.75, 3.05) is 12.8 Å². The maximum absolute atomic E-state index is 12.9. The molecule has 0 saturated heterocycles. The SMILES string of the molecule is CSC(C)(C)CNCc1cc(F)cc(F)c1. The molecule has 0 aliphatic rings. The Morgan fingerprint density at radius 2 is 1.75 bits per heavy atom. The minimum Gasteiger partial charge on any atom is -0.311 e. The highest BCUT2D eigenvalue weighted by Gasteiger charge is 2.14. The molecule has 1 nitrogen and oxygen atoms in total. The van der Waals surface area contributed by atoms with E-state index >= 15 is 0 Å². The Morgan fingerprint density at radius 1 is 1.19 bits per heavy atom. The van der Waals surface area contributed by atoms with E-state index in [9.17, 15) is 8.78 Å². The maximum Gasteiger partial charge on any atom is 0.126 e. The lowest BCUT2D eigenvalue weighted by atomic mass is 10.2. The first-order valence-electron chi connectivity index (χ1n) is 5.14. The van der Waals surface area contributed by atoms with E-state index in [0.717, 1.165) is 12.6 Å². The summed E-state index contributed by atoms with van der Waals surface area (Å²) in [6, 6.07) is 3.58. The predicted octanol–water partition coefficient (Wildman–Crippen LogP) is 3.20. The normalized spacial score (nSPS) is 11.8. The molecule has 1 rings (SSSR count). The summed E-state index contributed by atoms with van der Waals surface area (Å²) in [4.78, 5) is 0. The summed E-state index contributed by atoms with van der Waals surface area (Å²) in [5, 5.41) is 3.19. The van der Waals surface area contributed by atoms with Gasteiger partial charge < -0.3 is 5.32 Å². The van der Waals surface area contributed by atoms with Crippen LogP contribution in [0.25, 0.3) is 0 Å². The molecule has 0 unspecified atom stereocenters. The minimum absolute atomic E-state index is 0.131. The van der Waals surface area contributed by atoms with E-state index in [1.807, 2.05) is 6.26 Å². The van der Waals surface area contributed by atoms with Crippen LogP contribution in [-0.4, -0.2) is 17.5 Å². The van der Waals surface area contributed by atoms with Crippen LogP contribution in [-0.2, 0) is 6.54 Å². The van der Waals surface area contributed by atoms with Crippen LogP contribution in [0.4, 0.5) is 8.78 Å². The third kappa shape index (κ3) is 4.49. The molecule has 0 heterocycles. The van der Waals surface area contributed by atoms with Crippen LogP contribution >= 0.6 is 11.8 Å². The van der Waals surface area contributed by atoms with Crippen molar-refractivity contribution in [1.29, 1.82) is 0 Å². The van der Waals surface area contributed by atoms with Crippen molar-refractivity contribution in [3.8, 4) is 0 Å². The van der Waals surface area contributed by atoms with Crippen LogP contribution in [0.15, 0.2) is 18.2 Å². The average Bonchev–Trinajstić information content (AvgIpc) is 2.16. The number of benzene rings is 1. The first kappa shape index (κ1) is 13.5. The van der Waals surface area contributed by atoms with Gasteiger partial charge in [-0.2, -0.15) is 11.8 Å². The van der Waals surface area contributed by atoms with Crippen LogP contribution in [0.5, 0.6) is 0 Å². The highest BCUT2D eigenvalue weighted by Crippen LogP contribution is 2.19. The molecule has 0 atom stereocenters. The number of hydrogen-bond donors (Lipinski definition) is 1. The van der Waals surface area contributed by atoms with Gasteiger partial charge in [0.2, 0.25) is 0 Å². The van der Waals surface area contributed by atoms with Gasteiger partial charge >= 0.3 is 0 Å².